The summed E-state index contributed by atoms with van der Waals surface area (Å²) in [5.74, 6) is 0.711. The number of pyridine rings is 1. The van der Waals surface area contributed by atoms with E-state index in [1.807, 2.05) is 80.3 Å². The van der Waals surface area contributed by atoms with Gasteiger partial charge in [-0.05, 0) is 79.3 Å². The van der Waals surface area contributed by atoms with E-state index in [4.69, 9.17) is 21.4 Å². The smallest absolute Gasteiger partial charge is 0.337 e. The second kappa shape index (κ2) is 11.3. The van der Waals surface area contributed by atoms with Gasteiger partial charge in [0.05, 0.1) is 24.4 Å². The predicted molar refractivity (Wildman–Crippen MR) is 158 cm³/mol. The SMILES string of the molecule is COC(=O)c1cccc(-c2ccc([C@H]3[C@H](c4ccccn4)NC(=S)N3c3ccc(NC(=O)C(C)C)c(C)c3)o2)c1. The fraction of sp³-hybridized carbons (Fsp3) is 0.226. The highest BCUT2D eigenvalue weighted by Crippen LogP contribution is 2.43. The van der Waals surface area contributed by atoms with Crippen LogP contribution in [0, 0.1) is 12.8 Å². The number of carbonyl (C=O) groups is 2. The van der Waals surface area contributed by atoms with Gasteiger partial charge in [0.25, 0.3) is 0 Å². The molecule has 0 radical (unpaired) electrons. The van der Waals surface area contributed by atoms with Gasteiger partial charge >= 0.3 is 5.97 Å². The van der Waals surface area contributed by atoms with Gasteiger partial charge in [0, 0.05) is 29.1 Å². The third-order valence-electron chi connectivity index (χ3n) is 6.85. The van der Waals surface area contributed by atoms with Crippen LogP contribution in [0.2, 0.25) is 0 Å². The van der Waals surface area contributed by atoms with Crippen LogP contribution in [-0.4, -0.2) is 29.1 Å². The fourth-order valence-corrected chi connectivity index (χ4v) is 5.07. The van der Waals surface area contributed by atoms with E-state index in [0.29, 0.717) is 22.2 Å². The van der Waals surface area contributed by atoms with Gasteiger partial charge in [-0.1, -0.05) is 32.0 Å². The van der Waals surface area contributed by atoms with Crippen LogP contribution in [0.5, 0.6) is 0 Å². The van der Waals surface area contributed by atoms with E-state index in [1.54, 1.807) is 24.4 Å². The summed E-state index contributed by atoms with van der Waals surface area (Å²) in [6.45, 7) is 5.68. The number of benzene rings is 2. The largest absolute Gasteiger partial charge is 0.465 e. The standard InChI is InChI=1S/C31H30N4O4S/c1-18(2)29(36)33-23-12-11-22(16-19(23)3)35-28(27(34-31(35)40)24-10-5-6-15-32-24)26-14-13-25(39-26)20-8-7-9-21(17-20)30(37)38-4/h5-18,27-28H,1-4H3,(H,33,36)(H,34,40)/t27-,28-/m0/s1. The number of anilines is 2. The molecule has 3 heterocycles. The number of rotatable bonds is 7. The van der Waals surface area contributed by atoms with Crippen molar-refractivity contribution in [2.75, 3.05) is 17.3 Å². The highest BCUT2D eigenvalue weighted by Gasteiger charge is 2.42. The lowest BCUT2D eigenvalue weighted by Crippen LogP contribution is -2.29. The van der Waals surface area contributed by atoms with Gasteiger partial charge in [-0.3, -0.25) is 9.78 Å². The number of thiocarbonyl (C=S) groups is 1. The van der Waals surface area contributed by atoms with Gasteiger partial charge in [-0.15, -0.1) is 0 Å². The average molecular weight is 555 g/mol. The van der Waals surface area contributed by atoms with Crippen LogP contribution < -0.4 is 15.5 Å². The molecule has 204 valence electrons. The lowest BCUT2D eigenvalue weighted by molar-refractivity contribution is -0.118. The molecule has 2 N–H and O–H groups in total. The number of methoxy groups -OCH3 is 1. The number of aromatic nitrogens is 1. The maximum atomic E-state index is 12.3. The van der Waals surface area contributed by atoms with Crippen molar-refractivity contribution < 1.29 is 18.7 Å². The van der Waals surface area contributed by atoms with E-state index < -0.39 is 5.97 Å². The molecular weight excluding hydrogens is 524 g/mol. The van der Waals surface area contributed by atoms with Crippen molar-refractivity contribution in [1.82, 2.24) is 10.3 Å². The molecule has 0 bridgehead atoms. The number of hydrogen-bond acceptors (Lipinski definition) is 6. The van der Waals surface area contributed by atoms with Crippen LogP contribution in [0.15, 0.2) is 83.4 Å². The van der Waals surface area contributed by atoms with Crippen molar-refractivity contribution in [3.8, 4) is 11.3 Å². The lowest BCUT2D eigenvalue weighted by Gasteiger charge is -2.27. The third-order valence-corrected chi connectivity index (χ3v) is 7.17. The minimum absolute atomic E-state index is 0.0401. The molecule has 2 aromatic heterocycles. The van der Waals surface area contributed by atoms with Crippen molar-refractivity contribution in [2.24, 2.45) is 5.92 Å². The molecule has 9 heteroatoms. The molecule has 1 fully saturated rings. The number of esters is 1. The zero-order chi connectivity index (χ0) is 28.4. The number of ether oxygens (including phenoxy) is 1. The molecule has 1 amide bonds. The molecule has 1 saturated heterocycles. The maximum Gasteiger partial charge on any atom is 0.337 e. The first-order chi connectivity index (χ1) is 19.3. The highest BCUT2D eigenvalue weighted by molar-refractivity contribution is 7.80. The first-order valence-electron chi connectivity index (χ1n) is 13.0. The molecule has 2 aromatic carbocycles. The molecule has 2 atom stereocenters. The van der Waals surface area contributed by atoms with Gasteiger partial charge in [0.15, 0.2) is 5.11 Å². The zero-order valence-corrected chi connectivity index (χ0v) is 23.5. The molecule has 40 heavy (non-hydrogen) atoms. The minimum Gasteiger partial charge on any atom is -0.465 e. The number of aryl methyl sites for hydroxylation is 1. The Morgan fingerprint density at radius 1 is 1.07 bits per heavy atom. The number of nitrogens with zero attached hydrogens (tertiary/aromatic N) is 2. The summed E-state index contributed by atoms with van der Waals surface area (Å²) in [7, 11) is 1.36. The van der Waals surface area contributed by atoms with Crippen molar-refractivity contribution in [3.63, 3.8) is 0 Å². The summed E-state index contributed by atoms with van der Waals surface area (Å²) in [6.07, 6.45) is 1.75. The summed E-state index contributed by atoms with van der Waals surface area (Å²) in [4.78, 5) is 31.0. The number of amides is 1. The first kappa shape index (κ1) is 27.1. The Hall–Kier alpha value is -4.50. The number of furan rings is 1. The van der Waals surface area contributed by atoms with Gasteiger partial charge in [0.1, 0.15) is 17.6 Å². The Morgan fingerprint density at radius 3 is 2.60 bits per heavy atom. The normalized spacial score (nSPS) is 16.6. The van der Waals surface area contributed by atoms with Crippen molar-refractivity contribution in [3.05, 3.63) is 102 Å². The van der Waals surface area contributed by atoms with Crippen molar-refractivity contribution in [2.45, 2.75) is 32.9 Å². The Balaban J connectivity index is 1.54. The summed E-state index contributed by atoms with van der Waals surface area (Å²) in [5.41, 5.74) is 4.53. The maximum absolute atomic E-state index is 12.3. The van der Waals surface area contributed by atoms with Crippen LogP contribution >= 0.6 is 12.2 Å². The summed E-state index contributed by atoms with van der Waals surface area (Å²) >= 11 is 5.84. The van der Waals surface area contributed by atoms with Gasteiger partial charge in [-0.25, -0.2) is 4.79 Å². The molecule has 0 aliphatic carbocycles. The minimum atomic E-state index is -0.413. The van der Waals surface area contributed by atoms with E-state index in [0.717, 1.165) is 28.2 Å². The average Bonchev–Trinajstić information content (AvgIpc) is 3.59. The molecule has 4 aromatic rings. The Kier molecular flexibility index (Phi) is 7.66. The van der Waals surface area contributed by atoms with Gasteiger partial charge < -0.3 is 24.7 Å². The summed E-state index contributed by atoms with van der Waals surface area (Å²) in [5, 5.41) is 6.95. The molecule has 0 unspecified atom stereocenters. The van der Waals surface area contributed by atoms with Crippen LogP contribution in [0.25, 0.3) is 11.3 Å². The van der Waals surface area contributed by atoms with Crippen LogP contribution in [-0.2, 0) is 9.53 Å². The molecule has 0 saturated carbocycles. The fourth-order valence-electron chi connectivity index (χ4n) is 4.72. The molecule has 1 aliphatic rings. The van der Waals surface area contributed by atoms with Gasteiger partial charge in [0.2, 0.25) is 5.91 Å². The molecule has 0 spiro atoms. The van der Waals surface area contributed by atoms with Gasteiger partial charge in [-0.2, -0.15) is 0 Å². The van der Waals surface area contributed by atoms with Crippen molar-refractivity contribution in [1.29, 1.82) is 0 Å². The van der Waals surface area contributed by atoms with E-state index in [-0.39, 0.29) is 23.9 Å². The quantitative estimate of drug-likeness (QED) is 0.206. The molecular formula is C31H30N4O4S. The first-order valence-corrected chi connectivity index (χ1v) is 13.4. The van der Waals surface area contributed by atoms with Crippen LogP contribution in [0.3, 0.4) is 0 Å². The summed E-state index contributed by atoms with van der Waals surface area (Å²) < 4.78 is 11.3. The Bertz CT molecular complexity index is 1570. The Morgan fingerprint density at radius 2 is 1.90 bits per heavy atom. The van der Waals surface area contributed by atoms with E-state index in [9.17, 15) is 9.59 Å². The van der Waals surface area contributed by atoms with Crippen LogP contribution in [0.1, 0.15) is 53.3 Å². The second-order valence-corrected chi connectivity index (χ2v) is 10.3. The highest BCUT2D eigenvalue weighted by atomic mass is 32.1. The monoisotopic (exact) mass is 554 g/mol. The molecule has 1 aliphatic heterocycles. The van der Waals surface area contributed by atoms with E-state index in [1.165, 1.54) is 7.11 Å². The lowest BCUT2D eigenvalue weighted by atomic mass is 10.0. The number of nitrogens with one attached hydrogen (secondary N) is 2. The van der Waals surface area contributed by atoms with Crippen molar-refractivity contribution >= 4 is 40.6 Å². The summed E-state index contributed by atoms with van der Waals surface area (Å²) in [6, 6.07) is 21.9. The van der Waals surface area contributed by atoms with E-state index >= 15 is 0 Å². The topological polar surface area (TPSA) is 96.7 Å². The Labute approximate surface area is 238 Å². The predicted octanol–water partition coefficient (Wildman–Crippen LogP) is 6.21. The number of hydrogen-bond donors (Lipinski definition) is 2. The zero-order valence-electron chi connectivity index (χ0n) is 22.7. The molecule has 5 rings (SSSR count). The second-order valence-electron chi connectivity index (χ2n) is 9.91. The van der Waals surface area contributed by atoms with E-state index in [2.05, 4.69) is 15.6 Å². The molecule has 8 nitrogen and oxygen atoms in total. The number of carbonyl (C=O) groups excluding carboxylic acids is 2. The third kappa shape index (κ3) is 5.33. The van der Waals surface area contributed by atoms with Crippen LogP contribution in [0.4, 0.5) is 11.4 Å².